The lowest BCUT2D eigenvalue weighted by Gasteiger charge is -2.26. The van der Waals surface area contributed by atoms with Crippen LogP contribution in [0.3, 0.4) is 0 Å². The molecule has 0 aromatic rings. The van der Waals surface area contributed by atoms with Crippen LogP contribution in [0.2, 0.25) is 0 Å². The third-order valence-corrected chi connectivity index (χ3v) is 15.6. The van der Waals surface area contributed by atoms with Gasteiger partial charge in [-0.1, -0.05) is 304 Å². The van der Waals surface area contributed by atoms with Gasteiger partial charge in [-0.3, -0.25) is 9.59 Å². The van der Waals surface area contributed by atoms with Crippen molar-refractivity contribution in [1.29, 1.82) is 0 Å². The lowest BCUT2D eigenvalue weighted by Crippen LogP contribution is -2.44. The minimum absolute atomic E-state index is 0.147. The highest BCUT2D eigenvalue weighted by Crippen LogP contribution is 2.18. The van der Waals surface area contributed by atoms with E-state index in [0.717, 1.165) is 70.6 Å². The maximum atomic E-state index is 12.9. The molecule has 0 spiro atoms. The van der Waals surface area contributed by atoms with Crippen LogP contribution < -0.4 is 5.11 Å². The molecule has 0 amide bonds. The number of quaternary nitrogens is 1. The molecule has 9 nitrogen and oxygen atoms in total. The molecule has 0 saturated heterocycles. The maximum absolute atomic E-state index is 12.9. The van der Waals surface area contributed by atoms with Gasteiger partial charge in [0.2, 0.25) is 0 Å². The van der Waals surface area contributed by atoms with E-state index in [0.29, 0.717) is 23.9 Å². The van der Waals surface area contributed by atoms with Crippen LogP contribution in [0.1, 0.15) is 322 Å². The second-order valence-corrected chi connectivity index (χ2v) is 25.1. The van der Waals surface area contributed by atoms with Crippen LogP contribution in [0.25, 0.3) is 0 Å². The van der Waals surface area contributed by atoms with Crippen molar-refractivity contribution >= 4 is 17.9 Å². The fourth-order valence-electron chi connectivity index (χ4n) is 10.2. The molecule has 0 N–H and O–H groups in total. The van der Waals surface area contributed by atoms with E-state index in [2.05, 4.69) is 98.9 Å². The minimum Gasteiger partial charge on any atom is -0.545 e. The first-order valence-corrected chi connectivity index (χ1v) is 35.7. The Balaban J connectivity index is 4.08. The largest absolute Gasteiger partial charge is 0.545 e. The molecule has 0 aliphatic rings. The summed E-state index contributed by atoms with van der Waals surface area (Å²) in [4.78, 5) is 37.5. The van der Waals surface area contributed by atoms with E-state index < -0.39 is 24.3 Å². The number of esters is 2. The second-order valence-electron chi connectivity index (χ2n) is 25.1. The minimum atomic E-state index is -1.62. The van der Waals surface area contributed by atoms with Crippen molar-refractivity contribution in [3.63, 3.8) is 0 Å². The van der Waals surface area contributed by atoms with Crippen molar-refractivity contribution in [1.82, 2.24) is 0 Å². The summed E-state index contributed by atoms with van der Waals surface area (Å²) >= 11 is 0. The number of nitrogens with zero attached hydrogens (tertiary/aromatic N) is 1. The molecule has 2 unspecified atom stereocenters. The Morgan fingerprint density at radius 2 is 0.671 bits per heavy atom. The van der Waals surface area contributed by atoms with E-state index in [1.807, 2.05) is 21.1 Å². The highest BCUT2D eigenvalue weighted by Gasteiger charge is 2.22. The van der Waals surface area contributed by atoms with Gasteiger partial charge in [-0.05, 0) is 89.9 Å². The molecule has 0 aliphatic carbocycles. The first-order valence-electron chi connectivity index (χ1n) is 35.7. The number of likely N-dealkylation sites (N-methyl/N-ethyl adjacent to an activating group) is 1. The number of hydrogen-bond donors (Lipinski definition) is 0. The molecule has 0 saturated carbocycles. The smallest absolute Gasteiger partial charge is 0.306 e. The van der Waals surface area contributed by atoms with Gasteiger partial charge in [-0.15, -0.1) is 0 Å². The summed E-state index contributed by atoms with van der Waals surface area (Å²) in [5.41, 5.74) is 0. The third-order valence-electron chi connectivity index (χ3n) is 15.6. The number of allylic oxidation sites excluding steroid dienone is 14. The second kappa shape index (κ2) is 66.4. The van der Waals surface area contributed by atoms with Crippen LogP contribution in [0.4, 0.5) is 0 Å². The number of carboxylic acids is 1. The van der Waals surface area contributed by atoms with Crippen molar-refractivity contribution in [2.45, 2.75) is 334 Å². The quantitative estimate of drug-likeness (QED) is 0.0195. The summed E-state index contributed by atoms with van der Waals surface area (Å²) in [5.74, 6) is -2.27. The van der Waals surface area contributed by atoms with Gasteiger partial charge in [0.25, 0.3) is 0 Å². The van der Waals surface area contributed by atoms with Gasteiger partial charge < -0.3 is 33.3 Å². The Morgan fingerprint density at radius 1 is 0.365 bits per heavy atom. The predicted octanol–water partition coefficient (Wildman–Crippen LogP) is 20.9. The molecule has 9 heteroatoms. The van der Waals surface area contributed by atoms with Gasteiger partial charge in [0.15, 0.2) is 12.4 Å². The summed E-state index contributed by atoms with van der Waals surface area (Å²) in [5, 5.41) is 11.8. The predicted molar refractivity (Wildman–Crippen MR) is 361 cm³/mol. The fourth-order valence-corrected chi connectivity index (χ4v) is 10.2. The number of unbranched alkanes of at least 4 members (excludes halogenated alkanes) is 37. The monoisotopic (exact) mass is 1190 g/mol. The molecule has 0 bridgehead atoms. The van der Waals surface area contributed by atoms with E-state index >= 15 is 0 Å². The van der Waals surface area contributed by atoms with Crippen molar-refractivity contribution in [3.8, 4) is 0 Å². The summed E-state index contributed by atoms with van der Waals surface area (Å²) in [6.45, 7) is 4.66. The first-order chi connectivity index (χ1) is 41.6. The molecule has 0 aliphatic heterocycles. The van der Waals surface area contributed by atoms with E-state index in [9.17, 15) is 19.5 Å². The number of aliphatic carboxylic acids is 1. The number of carbonyl (C=O) groups is 3. The molecule has 0 fully saturated rings. The zero-order chi connectivity index (χ0) is 61.9. The average molecular weight is 1190 g/mol. The standard InChI is InChI=1S/C76H135NO8/c1-6-8-10-12-14-16-18-20-22-24-26-28-30-32-34-36-37-39-40-42-44-46-48-50-52-54-56-58-60-62-64-66-73(78)83-70-72(71-84-76(75(80)81)82-69-68-77(3,4)5)85-74(79)67-65-63-61-59-57-55-53-51-49-47-45-43-41-38-35-33-31-29-27-25-23-21-19-17-15-13-11-9-7-2/h9,11,15,17-18,20-21,23-24,26-27,29-30,32,72,76H,6-8,10,12-14,16,19,22,25,28,31,33-71H2,1-5H3/b11-9-,17-15-,20-18-,23-21-,26-24-,29-27-,32-30-. The van der Waals surface area contributed by atoms with Crippen LogP contribution >= 0.6 is 0 Å². The summed E-state index contributed by atoms with van der Waals surface area (Å²) in [7, 11) is 5.94. The van der Waals surface area contributed by atoms with Gasteiger partial charge in [0, 0.05) is 12.8 Å². The third kappa shape index (κ3) is 67.8. The number of hydrogen-bond acceptors (Lipinski definition) is 8. The normalized spacial score (nSPS) is 13.2. The molecule has 0 aromatic heterocycles. The molecule has 0 rings (SSSR count). The summed E-state index contributed by atoms with van der Waals surface area (Å²) in [6, 6.07) is 0. The number of rotatable bonds is 66. The topological polar surface area (TPSA) is 111 Å². The number of carbonyl (C=O) groups excluding carboxylic acids is 3. The van der Waals surface area contributed by atoms with Gasteiger partial charge in [0.1, 0.15) is 13.2 Å². The highest BCUT2D eigenvalue weighted by atomic mass is 16.7. The SMILES string of the molecule is CC/C=C\C/C=C\C/C=C\C/C=C\CCCCCCCCCCCCCCCCCCC(=O)OC(COC(=O)CCCCCCCCCCCCCCCCCC/C=C\C/C=C\C/C=C\CCCCCCC)COC(OCC[N+](C)(C)C)C(=O)[O-]. The number of ether oxygens (including phenoxy) is 4. The molecular formula is C76H135NO8. The first kappa shape index (κ1) is 81.5. The number of carboxylic acid groups (broad SMARTS) is 1. The van der Waals surface area contributed by atoms with Crippen LogP contribution in [-0.4, -0.2) is 82.3 Å². The van der Waals surface area contributed by atoms with Crippen LogP contribution in [0.5, 0.6) is 0 Å². The Morgan fingerprint density at radius 3 is 1.00 bits per heavy atom. The van der Waals surface area contributed by atoms with E-state index in [1.54, 1.807) is 0 Å². The average Bonchev–Trinajstić information content (AvgIpc) is 3.48. The Bertz CT molecular complexity index is 1670. The Hall–Kier alpha value is -3.53. The van der Waals surface area contributed by atoms with E-state index in [4.69, 9.17) is 18.9 Å². The lowest BCUT2D eigenvalue weighted by atomic mass is 10.0. The lowest BCUT2D eigenvalue weighted by molar-refractivity contribution is -0.870. The summed E-state index contributed by atoms with van der Waals surface area (Å²) in [6.07, 6.45) is 86.7. The molecule has 2 atom stereocenters. The molecular weight excluding hydrogens is 1050 g/mol. The van der Waals surface area contributed by atoms with Crippen molar-refractivity contribution in [2.75, 3.05) is 47.5 Å². The van der Waals surface area contributed by atoms with Crippen molar-refractivity contribution in [3.05, 3.63) is 85.1 Å². The van der Waals surface area contributed by atoms with E-state index in [1.165, 1.54) is 218 Å². The maximum Gasteiger partial charge on any atom is 0.306 e. The van der Waals surface area contributed by atoms with Gasteiger partial charge in [-0.2, -0.15) is 0 Å². The molecule has 0 aromatic carbocycles. The van der Waals surface area contributed by atoms with Crippen LogP contribution in [0.15, 0.2) is 85.1 Å². The van der Waals surface area contributed by atoms with Crippen LogP contribution in [0, 0.1) is 0 Å². The highest BCUT2D eigenvalue weighted by molar-refractivity contribution is 5.70. The van der Waals surface area contributed by atoms with Gasteiger partial charge in [-0.25, -0.2) is 0 Å². The van der Waals surface area contributed by atoms with Crippen LogP contribution in [-0.2, 0) is 33.3 Å². The Kier molecular flexibility index (Phi) is 63.7. The zero-order valence-electron chi connectivity index (χ0n) is 56.2. The van der Waals surface area contributed by atoms with Gasteiger partial charge in [0.05, 0.1) is 40.3 Å². The van der Waals surface area contributed by atoms with Crippen molar-refractivity contribution in [2.24, 2.45) is 0 Å². The molecule has 0 heterocycles. The molecule has 492 valence electrons. The molecule has 85 heavy (non-hydrogen) atoms. The van der Waals surface area contributed by atoms with E-state index in [-0.39, 0.29) is 32.2 Å². The van der Waals surface area contributed by atoms with Gasteiger partial charge >= 0.3 is 11.9 Å². The fraction of sp³-hybridized carbons (Fsp3) is 0.776. The molecule has 0 radical (unpaired) electrons. The zero-order valence-corrected chi connectivity index (χ0v) is 56.2. The van der Waals surface area contributed by atoms with Crippen molar-refractivity contribution < 1.29 is 42.9 Å². The Labute approximate surface area is 525 Å². The summed E-state index contributed by atoms with van der Waals surface area (Å²) < 4.78 is 22.8.